The van der Waals surface area contributed by atoms with E-state index in [0.717, 1.165) is 0 Å². The third-order valence-corrected chi connectivity index (χ3v) is 4.51. The third kappa shape index (κ3) is 3.83. The number of rotatable bonds is 4. The normalized spacial score (nSPS) is 19.5. The van der Waals surface area contributed by atoms with Crippen LogP contribution in [0.5, 0.6) is 5.75 Å². The molecular weight excluding hydrogens is 397 g/mol. The molecule has 0 aromatic heterocycles. The molecule has 148 valence electrons. The molecule has 1 aliphatic heterocycles. The van der Waals surface area contributed by atoms with Gasteiger partial charge in [-0.25, -0.2) is 0 Å². The first-order valence-corrected chi connectivity index (χ1v) is 8.63. The van der Waals surface area contributed by atoms with Crippen molar-refractivity contribution in [2.75, 3.05) is 0 Å². The maximum Gasteiger partial charge on any atom is 0.438 e. The summed E-state index contributed by atoms with van der Waals surface area (Å²) in [4.78, 5) is 12.5. The molecule has 0 saturated carbocycles. The van der Waals surface area contributed by atoms with E-state index in [1.165, 1.54) is 19.1 Å². The highest BCUT2D eigenvalue weighted by Gasteiger charge is 2.62. The van der Waals surface area contributed by atoms with Gasteiger partial charge in [0.25, 0.3) is 11.6 Å². The third-order valence-electron chi connectivity index (χ3n) is 4.20. The first-order valence-electron chi connectivity index (χ1n) is 8.26. The number of para-hydroxylation sites is 1. The number of amides is 1. The van der Waals surface area contributed by atoms with Gasteiger partial charge in [-0.1, -0.05) is 35.9 Å². The first kappa shape index (κ1) is 20.2. The van der Waals surface area contributed by atoms with Gasteiger partial charge >= 0.3 is 6.18 Å². The molecular formula is C19H16ClF3N2O3. The molecule has 1 heterocycles. The fourth-order valence-corrected chi connectivity index (χ4v) is 2.93. The molecule has 0 spiro atoms. The Morgan fingerprint density at radius 2 is 1.89 bits per heavy atom. The first-order chi connectivity index (χ1) is 13.1. The lowest BCUT2D eigenvalue weighted by atomic mass is 10.1. The second-order valence-corrected chi connectivity index (χ2v) is 6.77. The fourth-order valence-electron chi connectivity index (χ4n) is 2.74. The van der Waals surface area contributed by atoms with Gasteiger partial charge in [0.15, 0.2) is 0 Å². The molecule has 1 amide bonds. The smallest absolute Gasteiger partial charge is 0.438 e. The number of nitrogens with zero attached hydrogens (tertiary/aromatic N) is 2. The number of carbonyl (C=O) groups is 1. The molecule has 5 nitrogen and oxygen atoms in total. The van der Waals surface area contributed by atoms with Gasteiger partial charge in [0.2, 0.25) is 0 Å². The summed E-state index contributed by atoms with van der Waals surface area (Å²) >= 11 is 6.00. The maximum atomic E-state index is 13.3. The van der Waals surface area contributed by atoms with Gasteiger partial charge < -0.3 is 9.84 Å². The quantitative estimate of drug-likeness (QED) is 0.810. The van der Waals surface area contributed by atoms with Crippen molar-refractivity contribution >= 4 is 23.2 Å². The van der Waals surface area contributed by atoms with E-state index in [1.807, 2.05) is 0 Å². The zero-order chi connectivity index (χ0) is 20.5. The van der Waals surface area contributed by atoms with Crippen LogP contribution in [0.15, 0.2) is 53.6 Å². The van der Waals surface area contributed by atoms with Crippen LogP contribution in [0, 0.1) is 0 Å². The van der Waals surface area contributed by atoms with Gasteiger partial charge in [0.1, 0.15) is 12.4 Å². The predicted molar refractivity (Wildman–Crippen MR) is 97.1 cm³/mol. The number of aliphatic hydroxyl groups is 1. The number of carbonyl (C=O) groups excluding carboxylic acids is 1. The highest BCUT2D eigenvalue weighted by molar-refractivity contribution is 6.32. The van der Waals surface area contributed by atoms with Gasteiger partial charge in [-0.15, -0.1) is 0 Å². The van der Waals surface area contributed by atoms with E-state index >= 15 is 0 Å². The minimum atomic E-state index is -5.04. The molecule has 1 aliphatic rings. The number of hydrogen-bond acceptors (Lipinski definition) is 4. The van der Waals surface area contributed by atoms with Crippen molar-refractivity contribution in [3.05, 3.63) is 64.7 Å². The van der Waals surface area contributed by atoms with Crippen LogP contribution in [-0.2, 0) is 6.61 Å². The van der Waals surface area contributed by atoms with Crippen LogP contribution in [0.3, 0.4) is 0 Å². The highest BCUT2D eigenvalue weighted by Crippen LogP contribution is 2.40. The topological polar surface area (TPSA) is 62.1 Å². The van der Waals surface area contributed by atoms with E-state index in [9.17, 15) is 23.1 Å². The molecule has 9 heteroatoms. The van der Waals surface area contributed by atoms with Crippen molar-refractivity contribution in [1.82, 2.24) is 5.01 Å². The standard InChI is InChI=1S/C19H16ClF3N2O3/c1-12-10-18(27,19(21,22)23)25(24-12)17(26)14-8-6-13(7-9-14)11-28-16-5-3-2-4-15(16)20/h2-9,27H,10-11H2,1H3/t18-/m0/s1. The molecule has 0 saturated heterocycles. The van der Waals surface area contributed by atoms with Crippen LogP contribution < -0.4 is 4.74 Å². The number of ether oxygens (including phenoxy) is 1. The average Bonchev–Trinajstić information content (AvgIpc) is 2.96. The van der Waals surface area contributed by atoms with E-state index in [-0.39, 0.29) is 22.9 Å². The summed E-state index contributed by atoms with van der Waals surface area (Å²) in [5.74, 6) is -0.559. The lowest BCUT2D eigenvalue weighted by molar-refractivity contribution is -0.297. The van der Waals surface area contributed by atoms with Crippen molar-refractivity contribution in [2.45, 2.75) is 31.9 Å². The van der Waals surface area contributed by atoms with E-state index < -0.39 is 24.2 Å². The van der Waals surface area contributed by atoms with Crippen molar-refractivity contribution in [3.8, 4) is 5.75 Å². The Hall–Kier alpha value is -2.58. The maximum absolute atomic E-state index is 13.3. The van der Waals surface area contributed by atoms with Gasteiger partial charge in [0.05, 0.1) is 5.02 Å². The summed E-state index contributed by atoms with van der Waals surface area (Å²) in [6.07, 6.45) is -5.82. The number of hydrogen-bond donors (Lipinski definition) is 1. The Morgan fingerprint density at radius 1 is 1.25 bits per heavy atom. The molecule has 28 heavy (non-hydrogen) atoms. The van der Waals surface area contributed by atoms with Crippen LogP contribution in [0.4, 0.5) is 13.2 Å². The predicted octanol–water partition coefficient (Wildman–Crippen LogP) is 4.39. The highest BCUT2D eigenvalue weighted by atomic mass is 35.5. The lowest BCUT2D eigenvalue weighted by Crippen LogP contribution is -2.56. The Bertz CT molecular complexity index is 915. The summed E-state index contributed by atoms with van der Waals surface area (Å²) in [6, 6.07) is 12.7. The summed E-state index contributed by atoms with van der Waals surface area (Å²) < 4.78 is 45.4. The van der Waals surface area contributed by atoms with E-state index in [4.69, 9.17) is 16.3 Å². The van der Waals surface area contributed by atoms with Crippen LogP contribution in [0.2, 0.25) is 5.02 Å². The number of hydrazone groups is 1. The SMILES string of the molecule is CC1=NN(C(=O)c2ccc(COc3ccccc3Cl)cc2)[C@@](O)(C(F)(F)F)C1. The zero-order valence-electron chi connectivity index (χ0n) is 14.7. The fraction of sp³-hybridized carbons (Fsp3) is 0.263. The Balaban J connectivity index is 1.74. The summed E-state index contributed by atoms with van der Waals surface area (Å²) in [5, 5.41) is 14.1. The minimum Gasteiger partial charge on any atom is -0.487 e. The molecule has 2 aromatic rings. The molecule has 0 radical (unpaired) electrons. The molecule has 3 rings (SSSR count). The Labute approximate surface area is 164 Å². The van der Waals surface area contributed by atoms with Gasteiger partial charge in [0, 0.05) is 17.7 Å². The summed E-state index contributed by atoms with van der Waals surface area (Å²) in [7, 11) is 0. The molecule has 0 bridgehead atoms. The van der Waals surface area contributed by atoms with E-state index in [0.29, 0.717) is 16.3 Å². The largest absolute Gasteiger partial charge is 0.487 e. The summed E-state index contributed by atoms with van der Waals surface area (Å²) in [5.41, 5.74) is -2.69. The molecule has 0 unspecified atom stereocenters. The molecule has 0 aliphatic carbocycles. The van der Waals surface area contributed by atoms with Crippen LogP contribution in [0.1, 0.15) is 29.3 Å². The van der Waals surface area contributed by atoms with Crippen molar-refractivity contribution in [2.24, 2.45) is 5.10 Å². The van der Waals surface area contributed by atoms with Crippen LogP contribution in [-0.4, -0.2) is 33.6 Å². The minimum absolute atomic E-state index is 0.0120. The number of benzene rings is 2. The van der Waals surface area contributed by atoms with Crippen molar-refractivity contribution < 1.29 is 27.8 Å². The monoisotopic (exact) mass is 412 g/mol. The van der Waals surface area contributed by atoms with E-state index in [1.54, 1.807) is 36.4 Å². The summed E-state index contributed by atoms with van der Waals surface area (Å²) in [6.45, 7) is 1.48. The van der Waals surface area contributed by atoms with Gasteiger partial charge in [-0.2, -0.15) is 23.3 Å². The van der Waals surface area contributed by atoms with Gasteiger partial charge in [-0.05, 0) is 36.8 Å². The molecule has 1 atom stereocenters. The second-order valence-electron chi connectivity index (χ2n) is 6.36. The lowest BCUT2D eigenvalue weighted by Gasteiger charge is -2.32. The molecule has 0 fully saturated rings. The zero-order valence-corrected chi connectivity index (χ0v) is 15.5. The Morgan fingerprint density at radius 3 is 2.50 bits per heavy atom. The van der Waals surface area contributed by atoms with Crippen LogP contribution in [0.25, 0.3) is 0 Å². The van der Waals surface area contributed by atoms with Gasteiger partial charge in [-0.3, -0.25) is 4.79 Å². The molecule has 1 N–H and O–H groups in total. The van der Waals surface area contributed by atoms with Crippen molar-refractivity contribution in [1.29, 1.82) is 0 Å². The number of halogens is 4. The van der Waals surface area contributed by atoms with Crippen LogP contribution >= 0.6 is 11.6 Å². The molecule has 2 aromatic carbocycles. The van der Waals surface area contributed by atoms with Crippen molar-refractivity contribution in [3.63, 3.8) is 0 Å². The van der Waals surface area contributed by atoms with E-state index in [2.05, 4.69) is 5.10 Å². The average molecular weight is 413 g/mol. The second kappa shape index (κ2) is 7.44. The number of alkyl halides is 3. The Kier molecular flexibility index (Phi) is 5.36.